The van der Waals surface area contributed by atoms with Gasteiger partial charge in [-0.3, -0.25) is 0 Å². The Kier molecular flexibility index (Phi) is 3.92. The fourth-order valence-electron chi connectivity index (χ4n) is 1.82. The zero-order valence-corrected chi connectivity index (χ0v) is 11.0. The summed E-state index contributed by atoms with van der Waals surface area (Å²) in [6.07, 6.45) is 1.64. The lowest BCUT2D eigenvalue weighted by molar-refractivity contribution is 0.0496. The maximum atomic E-state index is 11.2. The van der Waals surface area contributed by atoms with Gasteiger partial charge in [-0.05, 0) is 23.1 Å². The van der Waals surface area contributed by atoms with E-state index in [2.05, 4.69) is 35.8 Å². The molecule has 0 saturated heterocycles. The molecule has 0 atom stereocenters. The van der Waals surface area contributed by atoms with Crippen LogP contribution in [0.2, 0.25) is 0 Å². The fraction of sp³-hybridized carbons (Fsp3) is 0.200. The zero-order chi connectivity index (χ0) is 13.8. The van der Waals surface area contributed by atoms with E-state index in [9.17, 15) is 4.79 Å². The molecule has 0 bridgehead atoms. The van der Waals surface area contributed by atoms with Crippen molar-refractivity contribution in [1.82, 2.24) is 4.98 Å². The lowest BCUT2D eigenvalue weighted by Gasteiger charge is -2.08. The van der Waals surface area contributed by atoms with Crippen LogP contribution in [0.3, 0.4) is 0 Å². The van der Waals surface area contributed by atoms with Gasteiger partial charge in [0.25, 0.3) is 0 Å². The van der Waals surface area contributed by atoms with Crippen LogP contribution in [0.15, 0.2) is 42.6 Å². The number of carbonyl (C=O) groups is 1. The molecule has 0 aliphatic heterocycles. The smallest absolute Gasteiger partial charge is 0.368 e. The number of benzene rings is 1. The minimum absolute atomic E-state index is 0.200. The van der Waals surface area contributed by atoms with Gasteiger partial charge in [-0.25, -0.2) is 9.78 Å². The number of hydrogen-bond acceptors (Lipinski definition) is 4. The van der Waals surface area contributed by atoms with Gasteiger partial charge in [-0.15, -0.1) is 0 Å². The molecule has 2 rings (SSSR count). The van der Waals surface area contributed by atoms with Crippen molar-refractivity contribution in [3.8, 4) is 11.1 Å². The molecule has 1 aromatic carbocycles. The van der Waals surface area contributed by atoms with Crippen molar-refractivity contribution in [2.45, 2.75) is 19.8 Å². The van der Waals surface area contributed by atoms with E-state index < -0.39 is 5.97 Å². The van der Waals surface area contributed by atoms with Crippen molar-refractivity contribution in [2.75, 3.05) is 0 Å². The summed E-state index contributed by atoms with van der Waals surface area (Å²) in [6, 6.07) is 11.7. The van der Waals surface area contributed by atoms with Gasteiger partial charge in [0.15, 0.2) is 0 Å². The number of hydrogen-bond donors (Lipinski definition) is 1. The Balaban J connectivity index is 2.32. The number of rotatable bonds is 3. The van der Waals surface area contributed by atoms with Crippen LogP contribution < -0.4 is 5.90 Å². The summed E-state index contributed by atoms with van der Waals surface area (Å²) in [4.78, 5) is 19.4. The van der Waals surface area contributed by atoms with Crippen LogP contribution in [0.5, 0.6) is 0 Å². The molecular formula is C15H16N2O2. The molecule has 0 spiro atoms. The van der Waals surface area contributed by atoms with Crippen LogP contribution >= 0.6 is 0 Å². The molecule has 0 unspecified atom stereocenters. The molecule has 0 radical (unpaired) electrons. The van der Waals surface area contributed by atoms with Gasteiger partial charge in [0.2, 0.25) is 0 Å². The van der Waals surface area contributed by atoms with E-state index in [-0.39, 0.29) is 5.69 Å². The number of nitrogens with zero attached hydrogens (tertiary/aromatic N) is 1. The standard InChI is InChI=1S/C15H16N2O2/c1-10(2)11-4-3-5-12(8-11)13-6-7-14(17-9-13)15(18)19-16/h3-10H,16H2,1-2H3. The molecule has 0 aliphatic carbocycles. The van der Waals surface area contributed by atoms with Crippen LogP contribution in [0, 0.1) is 0 Å². The van der Waals surface area contributed by atoms with Gasteiger partial charge < -0.3 is 4.84 Å². The summed E-state index contributed by atoms with van der Waals surface area (Å²) in [7, 11) is 0. The molecule has 19 heavy (non-hydrogen) atoms. The SMILES string of the molecule is CC(C)c1cccc(-c2ccc(C(=O)ON)nc2)c1. The van der Waals surface area contributed by atoms with Crippen LogP contribution in [-0.4, -0.2) is 11.0 Å². The number of carbonyl (C=O) groups excluding carboxylic acids is 1. The lowest BCUT2D eigenvalue weighted by atomic mass is 9.98. The molecule has 2 aromatic rings. The van der Waals surface area contributed by atoms with E-state index in [1.807, 2.05) is 18.2 Å². The Labute approximate surface area is 112 Å². The molecule has 0 aliphatic rings. The van der Waals surface area contributed by atoms with Crippen molar-refractivity contribution in [1.29, 1.82) is 0 Å². The molecule has 1 heterocycles. The van der Waals surface area contributed by atoms with Crippen LogP contribution in [0.1, 0.15) is 35.8 Å². The monoisotopic (exact) mass is 256 g/mol. The third kappa shape index (κ3) is 2.98. The molecule has 0 saturated carbocycles. The first kappa shape index (κ1) is 13.2. The highest BCUT2D eigenvalue weighted by Crippen LogP contribution is 2.23. The van der Waals surface area contributed by atoms with E-state index in [0.29, 0.717) is 5.92 Å². The van der Waals surface area contributed by atoms with E-state index in [1.54, 1.807) is 12.3 Å². The summed E-state index contributed by atoms with van der Waals surface area (Å²) in [6.45, 7) is 4.30. The van der Waals surface area contributed by atoms with E-state index in [0.717, 1.165) is 11.1 Å². The van der Waals surface area contributed by atoms with E-state index in [1.165, 1.54) is 5.56 Å². The lowest BCUT2D eigenvalue weighted by Crippen LogP contribution is -2.11. The Morgan fingerprint density at radius 3 is 2.58 bits per heavy atom. The maximum absolute atomic E-state index is 11.2. The van der Waals surface area contributed by atoms with Crippen LogP contribution in [0.25, 0.3) is 11.1 Å². The molecule has 4 heteroatoms. The maximum Gasteiger partial charge on any atom is 0.375 e. The van der Waals surface area contributed by atoms with Gasteiger partial charge in [-0.1, -0.05) is 44.2 Å². The first-order chi connectivity index (χ1) is 9.11. The molecule has 0 amide bonds. The number of aromatic nitrogens is 1. The van der Waals surface area contributed by atoms with Gasteiger partial charge in [0.1, 0.15) is 5.69 Å². The minimum atomic E-state index is -0.637. The Hall–Kier alpha value is -2.20. The summed E-state index contributed by atoms with van der Waals surface area (Å²) in [5.41, 5.74) is 3.50. The van der Waals surface area contributed by atoms with Crippen molar-refractivity contribution in [3.05, 3.63) is 53.9 Å². The highest BCUT2D eigenvalue weighted by Gasteiger charge is 2.08. The highest BCUT2D eigenvalue weighted by molar-refractivity contribution is 5.87. The normalized spacial score (nSPS) is 10.5. The van der Waals surface area contributed by atoms with E-state index >= 15 is 0 Å². The Morgan fingerprint density at radius 2 is 2.00 bits per heavy atom. The number of pyridine rings is 1. The second-order valence-electron chi connectivity index (χ2n) is 4.62. The topological polar surface area (TPSA) is 65.2 Å². The summed E-state index contributed by atoms with van der Waals surface area (Å²) in [5, 5.41) is 0. The molecule has 98 valence electrons. The Morgan fingerprint density at radius 1 is 1.21 bits per heavy atom. The molecule has 2 N–H and O–H groups in total. The second-order valence-corrected chi connectivity index (χ2v) is 4.62. The van der Waals surface area contributed by atoms with Gasteiger partial charge in [-0.2, -0.15) is 5.90 Å². The fourth-order valence-corrected chi connectivity index (χ4v) is 1.82. The predicted octanol–water partition coefficient (Wildman–Crippen LogP) is 2.90. The van der Waals surface area contributed by atoms with E-state index in [4.69, 9.17) is 5.90 Å². The largest absolute Gasteiger partial charge is 0.375 e. The molecular weight excluding hydrogens is 240 g/mol. The Bertz CT molecular complexity index is 577. The first-order valence-electron chi connectivity index (χ1n) is 6.09. The minimum Gasteiger partial charge on any atom is -0.368 e. The third-order valence-electron chi connectivity index (χ3n) is 2.97. The van der Waals surface area contributed by atoms with Crippen molar-refractivity contribution >= 4 is 5.97 Å². The molecule has 1 aromatic heterocycles. The zero-order valence-electron chi connectivity index (χ0n) is 11.0. The van der Waals surface area contributed by atoms with Crippen LogP contribution in [-0.2, 0) is 4.84 Å². The summed E-state index contributed by atoms with van der Waals surface area (Å²) in [5.74, 6) is 4.65. The first-order valence-corrected chi connectivity index (χ1v) is 6.09. The van der Waals surface area contributed by atoms with Crippen molar-refractivity contribution in [2.24, 2.45) is 5.90 Å². The molecule has 4 nitrogen and oxygen atoms in total. The van der Waals surface area contributed by atoms with Crippen molar-refractivity contribution in [3.63, 3.8) is 0 Å². The second kappa shape index (κ2) is 5.63. The average molecular weight is 256 g/mol. The van der Waals surface area contributed by atoms with Gasteiger partial charge in [0.05, 0.1) is 0 Å². The third-order valence-corrected chi connectivity index (χ3v) is 2.97. The molecule has 0 fully saturated rings. The van der Waals surface area contributed by atoms with Gasteiger partial charge >= 0.3 is 5.97 Å². The van der Waals surface area contributed by atoms with Gasteiger partial charge in [0, 0.05) is 11.8 Å². The summed E-state index contributed by atoms with van der Waals surface area (Å²) < 4.78 is 0. The van der Waals surface area contributed by atoms with Crippen molar-refractivity contribution < 1.29 is 9.63 Å². The number of nitrogens with two attached hydrogens (primary N) is 1. The predicted molar refractivity (Wildman–Crippen MR) is 73.4 cm³/mol. The quantitative estimate of drug-likeness (QED) is 0.857. The summed E-state index contributed by atoms with van der Waals surface area (Å²) >= 11 is 0. The van der Waals surface area contributed by atoms with Crippen LogP contribution in [0.4, 0.5) is 0 Å². The average Bonchev–Trinajstić information content (AvgIpc) is 2.46. The highest BCUT2D eigenvalue weighted by atomic mass is 16.7.